The van der Waals surface area contributed by atoms with Gasteiger partial charge in [0.2, 0.25) is 0 Å². The Bertz CT molecular complexity index is 9.61. The van der Waals surface area contributed by atoms with Gasteiger partial charge in [-0.2, -0.15) is 0 Å². The van der Waals surface area contributed by atoms with Crippen LogP contribution in [0.2, 0.25) is 0 Å². The van der Waals surface area contributed by atoms with Crippen molar-refractivity contribution in [1.29, 1.82) is 0 Å². The van der Waals surface area contributed by atoms with E-state index in [9.17, 15) is 0 Å². The third-order valence-electron chi connectivity index (χ3n) is 0. The molecule has 5 heavy (non-hydrogen) atoms. The molecule has 0 spiro atoms. The summed E-state index contributed by atoms with van der Waals surface area (Å²) in [5.74, 6) is 0. The van der Waals surface area contributed by atoms with E-state index in [0.29, 0.717) is 0 Å². The molecule has 0 rings (SSSR count). The molecule has 24 valence electrons. The van der Waals surface area contributed by atoms with Crippen LogP contribution >= 0.6 is 0 Å². The molecule has 0 aliphatic rings. The molecule has 8 radical (unpaired) electrons. The minimum atomic E-state index is 0. The molecule has 0 aliphatic heterocycles. The monoisotopic (exact) mass is 127 g/mol. The summed E-state index contributed by atoms with van der Waals surface area (Å²) in [7, 11) is 0. The third-order valence-corrected chi connectivity index (χ3v) is 0. The van der Waals surface area contributed by atoms with Gasteiger partial charge < -0.3 is 11.0 Å². The Balaban J connectivity index is 0. The fourth-order valence-corrected chi connectivity index (χ4v) is 0. The van der Waals surface area contributed by atoms with Crippen LogP contribution in [0.25, 0.3) is 0 Å². The largest absolute Gasteiger partial charge is 0.870 e. The SMILES string of the molecule is O.[Ca].[Mg].[OH-].[Si]. The van der Waals surface area contributed by atoms with Crippen molar-refractivity contribution in [2.45, 2.75) is 0 Å². The first-order valence-electron chi connectivity index (χ1n) is 0. The molecule has 0 amide bonds. The van der Waals surface area contributed by atoms with E-state index in [-0.39, 0.29) is 82.7 Å². The molecule has 0 aromatic carbocycles. The van der Waals surface area contributed by atoms with Crippen LogP contribution in [0.5, 0.6) is 0 Å². The zero-order valence-electron chi connectivity index (χ0n) is 2.86. The van der Waals surface area contributed by atoms with E-state index >= 15 is 0 Å². The zero-order chi connectivity index (χ0) is 0. The van der Waals surface area contributed by atoms with Crippen molar-refractivity contribution in [2.75, 3.05) is 0 Å². The van der Waals surface area contributed by atoms with Crippen LogP contribution in [0.4, 0.5) is 0 Å². The fourth-order valence-electron chi connectivity index (χ4n) is 0. The Kier molecular flexibility index (Phi) is 408. The summed E-state index contributed by atoms with van der Waals surface area (Å²) in [6.07, 6.45) is 0. The first-order valence-corrected chi connectivity index (χ1v) is 0. The molecule has 0 aromatic heterocycles. The fraction of sp³-hybridized carbons (Fsp3) is 0. The van der Waals surface area contributed by atoms with E-state index in [1.54, 1.807) is 0 Å². The molecular formula is H3CaMgO2Si-. The van der Waals surface area contributed by atoms with Crippen molar-refractivity contribution < 1.29 is 11.0 Å². The summed E-state index contributed by atoms with van der Waals surface area (Å²) in [5.41, 5.74) is 0. The molecule has 0 saturated heterocycles. The van der Waals surface area contributed by atoms with E-state index in [2.05, 4.69) is 0 Å². The molecule has 0 bridgehead atoms. The van der Waals surface area contributed by atoms with Crippen molar-refractivity contribution in [3.63, 3.8) is 0 Å². The van der Waals surface area contributed by atoms with Gasteiger partial charge in [0.05, 0.1) is 0 Å². The molecular weight excluding hydrogens is 124 g/mol. The normalized spacial score (nSPS) is 0. The standard InChI is InChI=1S/Ca.Mg.2H2O.Si/h;;2*1H2;/p-1. The average Bonchev–Trinajstić information content (AvgIpc) is 0. The summed E-state index contributed by atoms with van der Waals surface area (Å²) in [4.78, 5) is 0. The van der Waals surface area contributed by atoms with Crippen molar-refractivity contribution in [3.05, 3.63) is 0 Å². The smallest absolute Gasteiger partial charge is 0 e. The van der Waals surface area contributed by atoms with E-state index in [4.69, 9.17) is 0 Å². The first kappa shape index (κ1) is 58.2. The molecule has 0 unspecified atom stereocenters. The molecule has 5 heteroatoms. The molecule has 0 fully saturated rings. The second kappa shape index (κ2) is 35.1. The Hall–Kier alpha value is 2.16. The molecule has 0 aromatic rings. The second-order valence-electron chi connectivity index (χ2n) is 0. The van der Waals surface area contributed by atoms with Crippen molar-refractivity contribution >= 4 is 71.8 Å². The number of hydrogen-bond acceptors (Lipinski definition) is 1. The van der Waals surface area contributed by atoms with Gasteiger partial charge in [-0.05, 0) is 0 Å². The average molecular weight is 127 g/mol. The Morgan fingerprint density at radius 1 is 1.00 bits per heavy atom. The first-order chi connectivity index (χ1) is 0. The minimum absolute atomic E-state index is 0. The molecule has 3 N–H and O–H groups in total. The van der Waals surface area contributed by atoms with Crippen LogP contribution in [-0.2, 0) is 0 Å². The van der Waals surface area contributed by atoms with Gasteiger partial charge in [-0.15, -0.1) is 0 Å². The molecule has 0 atom stereocenters. The molecule has 2 nitrogen and oxygen atoms in total. The maximum Gasteiger partial charge on any atom is 0 e. The van der Waals surface area contributed by atoms with E-state index < -0.39 is 0 Å². The van der Waals surface area contributed by atoms with Crippen molar-refractivity contribution in [1.82, 2.24) is 0 Å². The van der Waals surface area contributed by atoms with Gasteiger partial charge in [0.25, 0.3) is 0 Å². The van der Waals surface area contributed by atoms with Crippen LogP contribution < -0.4 is 0 Å². The molecule has 0 aliphatic carbocycles. The predicted octanol–water partition coefficient (Wildman–Crippen LogP) is -2.14. The zero-order valence-corrected chi connectivity index (χ0v) is 7.48. The van der Waals surface area contributed by atoms with Gasteiger partial charge in [-0.1, -0.05) is 0 Å². The Morgan fingerprint density at radius 3 is 1.00 bits per heavy atom. The topological polar surface area (TPSA) is 61.5 Å². The maximum atomic E-state index is 0. The van der Waals surface area contributed by atoms with Crippen LogP contribution in [0.15, 0.2) is 0 Å². The Labute approximate surface area is 81.5 Å². The summed E-state index contributed by atoms with van der Waals surface area (Å²) < 4.78 is 0. The van der Waals surface area contributed by atoms with Crippen LogP contribution in [-0.4, -0.2) is 82.7 Å². The van der Waals surface area contributed by atoms with Crippen molar-refractivity contribution in [2.24, 2.45) is 0 Å². The van der Waals surface area contributed by atoms with Crippen LogP contribution in [0, 0.1) is 0 Å². The molecule has 0 heterocycles. The maximum absolute atomic E-state index is 0. The second-order valence-corrected chi connectivity index (χ2v) is 0. The third kappa shape index (κ3) is 22.8. The van der Waals surface area contributed by atoms with Gasteiger partial charge in [0.1, 0.15) is 0 Å². The quantitative estimate of drug-likeness (QED) is 0.343. The Morgan fingerprint density at radius 2 is 1.00 bits per heavy atom. The van der Waals surface area contributed by atoms with E-state index in [1.165, 1.54) is 0 Å². The van der Waals surface area contributed by atoms with Crippen molar-refractivity contribution in [3.8, 4) is 0 Å². The summed E-state index contributed by atoms with van der Waals surface area (Å²) >= 11 is 0. The molecule has 0 saturated carbocycles. The van der Waals surface area contributed by atoms with Gasteiger partial charge in [0, 0.05) is 71.8 Å². The van der Waals surface area contributed by atoms with Gasteiger partial charge >= 0.3 is 0 Å². The van der Waals surface area contributed by atoms with Crippen LogP contribution in [0.1, 0.15) is 0 Å². The van der Waals surface area contributed by atoms with Gasteiger partial charge in [-0.25, -0.2) is 0 Å². The summed E-state index contributed by atoms with van der Waals surface area (Å²) in [5, 5.41) is 0. The van der Waals surface area contributed by atoms with Crippen LogP contribution in [0.3, 0.4) is 0 Å². The number of rotatable bonds is 0. The number of hydrogen-bond donors (Lipinski definition) is 0. The summed E-state index contributed by atoms with van der Waals surface area (Å²) in [6.45, 7) is 0. The minimum Gasteiger partial charge on any atom is -0.870 e. The van der Waals surface area contributed by atoms with Gasteiger partial charge in [-0.3, -0.25) is 0 Å². The van der Waals surface area contributed by atoms with E-state index in [1.807, 2.05) is 0 Å². The summed E-state index contributed by atoms with van der Waals surface area (Å²) in [6, 6.07) is 0. The predicted molar refractivity (Wildman–Crippen MR) is 22.8 cm³/mol. The van der Waals surface area contributed by atoms with E-state index in [0.717, 1.165) is 0 Å². The van der Waals surface area contributed by atoms with Gasteiger partial charge in [0.15, 0.2) is 0 Å².